The van der Waals surface area contributed by atoms with Crippen LogP contribution in [0.25, 0.3) is 11.1 Å². The van der Waals surface area contributed by atoms with Gasteiger partial charge in [0.25, 0.3) is 5.56 Å². The molecular formula is C33H37FN4O5. The predicted molar refractivity (Wildman–Crippen MR) is 159 cm³/mol. The smallest absolute Gasteiger partial charge is 0.407 e. The molecule has 3 fully saturated rings. The summed E-state index contributed by atoms with van der Waals surface area (Å²) >= 11 is 0. The molecule has 3 heterocycles. The number of aromatic nitrogens is 1. The number of hydrogen-bond donors (Lipinski definition) is 2. The van der Waals surface area contributed by atoms with Gasteiger partial charge >= 0.3 is 12.1 Å². The van der Waals surface area contributed by atoms with E-state index in [1.807, 2.05) is 36.4 Å². The second-order valence-electron chi connectivity index (χ2n) is 12.2. The van der Waals surface area contributed by atoms with E-state index in [1.54, 1.807) is 34.1 Å². The van der Waals surface area contributed by atoms with E-state index >= 15 is 4.39 Å². The molecule has 2 aliphatic heterocycles. The summed E-state index contributed by atoms with van der Waals surface area (Å²) < 4.78 is 16.5. The number of likely N-dealkylation sites (tertiary alicyclic amines) is 1. The Morgan fingerprint density at radius 2 is 1.58 bits per heavy atom. The fourth-order valence-electron chi connectivity index (χ4n) is 7.38. The molecule has 226 valence electrons. The molecule has 1 spiro atoms. The maximum absolute atomic E-state index is 15.3. The second kappa shape index (κ2) is 11.5. The van der Waals surface area contributed by atoms with Crippen LogP contribution in [-0.2, 0) is 6.54 Å². The van der Waals surface area contributed by atoms with E-state index < -0.39 is 29.0 Å². The minimum atomic E-state index is -1.30. The number of carbonyl (C=O) groups excluding carboxylic acids is 1. The zero-order chi connectivity index (χ0) is 30.2. The molecule has 0 bridgehead atoms. The Morgan fingerprint density at radius 1 is 0.907 bits per heavy atom. The van der Waals surface area contributed by atoms with Crippen LogP contribution in [0.1, 0.15) is 43.7 Å². The molecule has 9 nitrogen and oxygen atoms in total. The van der Waals surface area contributed by atoms with Crippen molar-refractivity contribution in [3.63, 3.8) is 0 Å². The van der Waals surface area contributed by atoms with Crippen molar-refractivity contribution in [1.29, 1.82) is 0 Å². The van der Waals surface area contributed by atoms with Gasteiger partial charge in [-0.15, -0.1) is 0 Å². The number of carbonyl (C=O) groups is 2. The average molecular weight is 589 g/mol. The van der Waals surface area contributed by atoms with Gasteiger partial charge in [0, 0.05) is 56.0 Å². The summed E-state index contributed by atoms with van der Waals surface area (Å²) in [5.74, 6) is -0.532. The van der Waals surface area contributed by atoms with Gasteiger partial charge in [0.1, 0.15) is 5.82 Å². The van der Waals surface area contributed by atoms with Gasteiger partial charge < -0.3 is 29.5 Å². The Kier molecular flexibility index (Phi) is 7.72. The average Bonchev–Trinajstić information content (AvgIpc) is 3.50. The highest BCUT2D eigenvalue weighted by Gasteiger charge is 2.56. The van der Waals surface area contributed by atoms with Gasteiger partial charge in [-0.2, -0.15) is 0 Å². The van der Waals surface area contributed by atoms with Gasteiger partial charge in [-0.3, -0.25) is 4.79 Å². The van der Waals surface area contributed by atoms with Crippen molar-refractivity contribution in [1.82, 2.24) is 19.3 Å². The van der Waals surface area contributed by atoms with Crippen molar-refractivity contribution in [3.8, 4) is 11.1 Å². The van der Waals surface area contributed by atoms with Crippen LogP contribution in [0.5, 0.6) is 0 Å². The fourth-order valence-corrected chi connectivity index (χ4v) is 7.38. The van der Waals surface area contributed by atoms with Crippen LogP contribution in [-0.4, -0.2) is 79.9 Å². The summed E-state index contributed by atoms with van der Waals surface area (Å²) in [6.07, 6.45) is 3.61. The van der Waals surface area contributed by atoms with Gasteiger partial charge in [0.15, 0.2) is 0 Å². The van der Waals surface area contributed by atoms with E-state index in [1.165, 1.54) is 21.7 Å². The number of hydrogen-bond acceptors (Lipinski definition) is 4. The highest BCUT2D eigenvalue weighted by Crippen LogP contribution is 2.52. The van der Waals surface area contributed by atoms with Crippen LogP contribution >= 0.6 is 0 Å². The first-order valence-electron chi connectivity index (χ1n) is 15.0. The lowest BCUT2D eigenvalue weighted by Gasteiger charge is -2.53. The fraction of sp³-hybridized carbons (Fsp3) is 0.424. The number of pyridine rings is 1. The van der Waals surface area contributed by atoms with Crippen molar-refractivity contribution in [2.24, 2.45) is 5.41 Å². The minimum Gasteiger partial charge on any atom is -0.465 e. The molecule has 2 aromatic carbocycles. The minimum absolute atomic E-state index is 0.0518. The van der Waals surface area contributed by atoms with E-state index in [0.717, 1.165) is 18.4 Å². The second-order valence-corrected chi connectivity index (χ2v) is 12.2. The molecule has 1 saturated carbocycles. The van der Waals surface area contributed by atoms with Crippen molar-refractivity contribution < 1.29 is 24.2 Å². The number of aliphatic hydroxyl groups is 1. The van der Waals surface area contributed by atoms with Crippen LogP contribution < -0.4 is 5.56 Å². The summed E-state index contributed by atoms with van der Waals surface area (Å²) in [4.78, 5) is 43.9. The number of piperazine rings is 1. The normalized spacial score (nSPS) is 23.5. The number of halogens is 1. The zero-order valence-corrected chi connectivity index (χ0v) is 24.1. The molecule has 1 unspecified atom stereocenters. The summed E-state index contributed by atoms with van der Waals surface area (Å²) in [6.45, 7) is 1.21. The molecule has 1 aromatic heterocycles. The number of rotatable bonds is 4. The van der Waals surface area contributed by atoms with Gasteiger partial charge in [-0.1, -0.05) is 73.5 Å². The Balaban J connectivity index is 1.25. The molecular weight excluding hydrogens is 551 g/mol. The molecule has 2 saturated heterocycles. The quantitative estimate of drug-likeness (QED) is 0.455. The summed E-state index contributed by atoms with van der Waals surface area (Å²) in [6, 6.07) is 19.0. The van der Waals surface area contributed by atoms with Crippen molar-refractivity contribution in [3.05, 3.63) is 94.7 Å². The van der Waals surface area contributed by atoms with Crippen LogP contribution in [0.15, 0.2) is 77.7 Å². The number of benzene rings is 2. The monoisotopic (exact) mass is 588 g/mol. The topological polar surface area (TPSA) is 106 Å². The maximum Gasteiger partial charge on any atom is 0.407 e. The molecule has 0 radical (unpaired) electrons. The van der Waals surface area contributed by atoms with Gasteiger partial charge in [0.05, 0.1) is 18.2 Å². The van der Waals surface area contributed by atoms with Gasteiger partial charge in [0.2, 0.25) is 0 Å². The van der Waals surface area contributed by atoms with E-state index in [4.69, 9.17) is 0 Å². The summed E-state index contributed by atoms with van der Waals surface area (Å²) in [7, 11) is 0. The highest BCUT2D eigenvalue weighted by molar-refractivity contribution is 5.76. The van der Waals surface area contributed by atoms with Gasteiger partial charge in [-0.05, 0) is 30.4 Å². The molecule has 10 heteroatoms. The standard InChI is InChI=1S/C33H37FN4O5/c34-27-20-37(29(39)19-26(27)24-9-3-1-4-10-24)23-33(43)15-16-36(22-32(33)13-7-8-14-32)30(40)38-18-17-35(31(41)42)21-28(38)25-11-5-2-6-12-25/h1-6,9-12,19-20,28,43H,7-8,13-18,21-23H2,(H,41,42)/t28-,33?/m0/s1. The molecule has 2 atom stereocenters. The van der Waals surface area contributed by atoms with Crippen molar-refractivity contribution >= 4 is 12.1 Å². The number of urea groups is 1. The largest absolute Gasteiger partial charge is 0.465 e. The predicted octanol–water partition coefficient (Wildman–Crippen LogP) is 4.81. The Labute approximate surface area is 249 Å². The van der Waals surface area contributed by atoms with E-state index in [2.05, 4.69) is 0 Å². The first-order valence-corrected chi connectivity index (χ1v) is 15.0. The molecule has 6 rings (SSSR count). The molecule has 43 heavy (non-hydrogen) atoms. The van der Waals surface area contributed by atoms with E-state index in [9.17, 15) is 24.6 Å². The molecule has 3 amide bonds. The van der Waals surface area contributed by atoms with Crippen LogP contribution in [0.3, 0.4) is 0 Å². The Bertz CT molecular complexity index is 1540. The Morgan fingerprint density at radius 3 is 2.26 bits per heavy atom. The van der Waals surface area contributed by atoms with Crippen molar-refractivity contribution in [2.75, 3.05) is 32.7 Å². The highest BCUT2D eigenvalue weighted by atomic mass is 19.1. The maximum atomic E-state index is 15.3. The number of carboxylic acid groups (broad SMARTS) is 1. The number of nitrogens with zero attached hydrogens (tertiary/aromatic N) is 4. The van der Waals surface area contributed by atoms with E-state index in [-0.39, 0.29) is 56.3 Å². The third-order valence-electron chi connectivity index (χ3n) is 9.78. The molecule has 3 aliphatic rings. The lowest BCUT2D eigenvalue weighted by molar-refractivity contribution is -0.137. The first kappa shape index (κ1) is 28.9. The van der Waals surface area contributed by atoms with E-state index in [0.29, 0.717) is 24.9 Å². The lowest BCUT2D eigenvalue weighted by Crippen LogP contribution is -2.64. The van der Waals surface area contributed by atoms with Crippen LogP contribution in [0.2, 0.25) is 0 Å². The summed E-state index contributed by atoms with van der Waals surface area (Å²) in [5, 5.41) is 21.8. The van der Waals surface area contributed by atoms with Crippen LogP contribution in [0.4, 0.5) is 14.0 Å². The number of amides is 3. The van der Waals surface area contributed by atoms with Crippen LogP contribution in [0, 0.1) is 11.2 Å². The molecule has 3 aromatic rings. The zero-order valence-electron chi connectivity index (χ0n) is 24.1. The molecule has 2 N–H and O–H groups in total. The first-order chi connectivity index (χ1) is 20.7. The van der Waals surface area contributed by atoms with Gasteiger partial charge in [-0.25, -0.2) is 14.0 Å². The Hall–Kier alpha value is -4.18. The SMILES string of the molecule is O=C(O)N1CCN(C(=O)N2CCC(O)(Cn3cc(F)c(-c4ccccc4)cc3=O)C3(CCCC3)C2)[C@H](c2ccccc2)C1. The third-order valence-corrected chi connectivity index (χ3v) is 9.78. The third kappa shape index (κ3) is 5.40. The number of piperidine rings is 1. The van der Waals surface area contributed by atoms with Crippen molar-refractivity contribution in [2.45, 2.75) is 50.3 Å². The molecule has 1 aliphatic carbocycles. The lowest BCUT2D eigenvalue weighted by atomic mass is 9.66. The summed E-state index contributed by atoms with van der Waals surface area (Å²) in [5.41, 5.74) is -0.625.